The number of hydrogen-bond acceptors (Lipinski definition) is 8. The van der Waals surface area contributed by atoms with Crippen LogP contribution in [-0.4, -0.2) is 86.1 Å². The summed E-state index contributed by atoms with van der Waals surface area (Å²) in [5.41, 5.74) is 9.81. The Labute approximate surface area is 394 Å². The number of rotatable bonds is 22. The van der Waals surface area contributed by atoms with Gasteiger partial charge in [0.05, 0.1) is 12.0 Å². The molecule has 8 nitrogen and oxygen atoms in total. The second kappa shape index (κ2) is 44.8. The van der Waals surface area contributed by atoms with Gasteiger partial charge in [0.2, 0.25) is 0 Å². The molecule has 0 radical (unpaired) electrons. The van der Waals surface area contributed by atoms with Gasteiger partial charge >= 0.3 is 41.0 Å². The fourth-order valence-corrected chi connectivity index (χ4v) is 4.53. The molecule has 0 amide bonds. The minimum Gasteiger partial charge on any atom is -1.00 e. The van der Waals surface area contributed by atoms with Crippen LogP contribution in [0.3, 0.4) is 0 Å². The minimum atomic E-state index is -2.40. The second-order valence-corrected chi connectivity index (χ2v) is 18.5. The first-order valence-corrected chi connectivity index (χ1v) is 23.0. The molecule has 12 heteroatoms. The van der Waals surface area contributed by atoms with E-state index in [1.54, 1.807) is 13.3 Å². The van der Waals surface area contributed by atoms with E-state index in [1.165, 1.54) is 54.2 Å². The topological polar surface area (TPSA) is 105 Å². The van der Waals surface area contributed by atoms with Gasteiger partial charge in [0, 0.05) is 34.1 Å². The number of hydrogen-bond donors (Lipinski definition) is 0. The molecule has 0 saturated carbocycles. The molecule has 0 saturated heterocycles. The smallest absolute Gasteiger partial charge is 1.00 e. The van der Waals surface area contributed by atoms with E-state index in [4.69, 9.17) is 30.3 Å². The summed E-state index contributed by atoms with van der Waals surface area (Å²) in [5, 5.41) is 0.0297. The number of halogens is 2. The zero-order valence-electron chi connectivity index (χ0n) is 40.2. The molecule has 0 aromatic heterocycles. The van der Waals surface area contributed by atoms with Crippen LogP contribution in [0.25, 0.3) is 0 Å². The van der Waals surface area contributed by atoms with Gasteiger partial charge in [0.1, 0.15) is 19.8 Å². The quantitative estimate of drug-likeness (QED) is 0.0201. The van der Waals surface area contributed by atoms with Crippen molar-refractivity contribution in [3.05, 3.63) is 101 Å². The Hall–Kier alpha value is -2.26. The summed E-state index contributed by atoms with van der Waals surface area (Å²) in [6.07, 6.45) is 22.2. The molecule has 342 valence electrons. The summed E-state index contributed by atoms with van der Waals surface area (Å²) >= 11 is 6.03. The van der Waals surface area contributed by atoms with E-state index in [1.807, 2.05) is 65.8 Å². The molecule has 0 N–H and O–H groups in total. The van der Waals surface area contributed by atoms with Crippen molar-refractivity contribution in [3.8, 4) is 0 Å². The van der Waals surface area contributed by atoms with Crippen LogP contribution < -0.4 is 12.4 Å². The fraction of sp³-hybridized carbons (Fsp3) is 0.583. The minimum absolute atomic E-state index is 0. The van der Waals surface area contributed by atoms with Crippen LogP contribution in [0.15, 0.2) is 93.7 Å². The van der Waals surface area contributed by atoms with Gasteiger partial charge in [0.25, 0.3) is 0 Å². The van der Waals surface area contributed by atoms with Crippen molar-refractivity contribution in [1.29, 1.82) is 0 Å². The molecular formula is C48H81Cl2MgO8P. The van der Waals surface area contributed by atoms with Crippen LogP contribution in [0.2, 0.25) is 0 Å². The molecule has 0 rings (SSSR count). The Morgan fingerprint density at radius 2 is 0.900 bits per heavy atom. The van der Waals surface area contributed by atoms with E-state index in [2.05, 4.69) is 59.4 Å². The predicted molar refractivity (Wildman–Crippen MR) is 255 cm³/mol. The van der Waals surface area contributed by atoms with Crippen LogP contribution in [0.5, 0.6) is 0 Å². The third kappa shape index (κ3) is 64.9. The maximum absolute atomic E-state index is 11.4. The van der Waals surface area contributed by atoms with Gasteiger partial charge in [0.15, 0.2) is 7.37 Å². The van der Waals surface area contributed by atoms with Gasteiger partial charge in [-0.2, -0.15) is 0 Å². The molecule has 0 aliphatic heterocycles. The maximum atomic E-state index is 11.4. The van der Waals surface area contributed by atoms with Gasteiger partial charge in [-0.05, 0) is 125 Å². The van der Waals surface area contributed by atoms with Crippen LogP contribution >= 0.6 is 19.0 Å². The number of allylic oxidation sites excluding steroid dienone is 11. The first kappa shape index (κ1) is 69.4. The average molecular weight is 912 g/mol. The summed E-state index contributed by atoms with van der Waals surface area (Å²) in [7, 11) is -2.40. The molecule has 0 heterocycles. The van der Waals surface area contributed by atoms with Crippen molar-refractivity contribution < 1.29 is 50.1 Å². The fourth-order valence-electron chi connectivity index (χ4n) is 3.91. The summed E-state index contributed by atoms with van der Waals surface area (Å²) < 4.78 is 31.1. The monoisotopic (exact) mass is 910 g/mol. The second-order valence-electron chi connectivity index (χ2n) is 15.2. The molecule has 0 aromatic carbocycles. The molecule has 0 spiro atoms. The van der Waals surface area contributed by atoms with Crippen molar-refractivity contribution in [3.63, 3.8) is 0 Å². The predicted octanol–water partition coefficient (Wildman–Crippen LogP) is 10.6. The Balaban J connectivity index is -0.000000170. The number of esters is 3. The number of alkyl halides is 1. The van der Waals surface area contributed by atoms with Crippen molar-refractivity contribution >= 4 is 59.9 Å². The summed E-state index contributed by atoms with van der Waals surface area (Å²) in [5.74, 6) is -0.740. The van der Waals surface area contributed by atoms with E-state index in [9.17, 15) is 18.9 Å². The van der Waals surface area contributed by atoms with E-state index >= 15 is 0 Å². The molecule has 0 aliphatic rings. The van der Waals surface area contributed by atoms with Crippen LogP contribution in [-0.2, 0) is 37.7 Å². The number of carbonyl (C=O) groups is 3. The zero-order valence-corrected chi connectivity index (χ0v) is 44.0. The molecule has 0 aromatic rings. The Bertz CT molecular complexity index is 1460. The first-order chi connectivity index (χ1) is 26.8. The average Bonchev–Trinajstić information content (AvgIpc) is 3.09. The molecule has 1 atom stereocenters. The molecule has 60 heavy (non-hydrogen) atoms. The van der Waals surface area contributed by atoms with E-state index in [-0.39, 0.29) is 58.7 Å². The number of ether oxygens (including phenoxy) is 3. The summed E-state index contributed by atoms with van der Waals surface area (Å²) in [6.45, 7) is 36.8. The van der Waals surface area contributed by atoms with Gasteiger partial charge in [-0.1, -0.05) is 63.8 Å². The van der Waals surface area contributed by atoms with E-state index < -0.39 is 7.37 Å². The van der Waals surface area contributed by atoms with Crippen LogP contribution in [0, 0.1) is 6.92 Å². The molecule has 0 bridgehead atoms. The first-order valence-electron chi connectivity index (χ1n) is 20.1. The van der Waals surface area contributed by atoms with Crippen LogP contribution in [0.1, 0.15) is 141 Å². The standard InChI is InChI=1S/C17H28O2.C14H25O4P.C12H19ClO2.C5H9.ClH.Mg/c1-14(2)8-6-9-15(3)10-7-11-16(4)12-13-19-17(5)18;1-12(9-10-17-14(3)15)7-6-8-13(2)11-18-19(4,5)16;1-9(2)12(13)6-5-10(3)7-8-15-11(4)14;1-4-5(2)3;;/h8,10,12H,6-7,9,11,13H2,1-5H3;8-9H,6-7,10-11H2,1-5H3;7,12H,1,5-6,8H2,2-4H3;4H,1H2,2-3H3;1H;/q;;;-1;;+2/p-1/b15-10+,16-12+;12-9+,13-8+;10-7+;;;. The van der Waals surface area contributed by atoms with Gasteiger partial charge in [-0.25, -0.2) is 18.6 Å². The van der Waals surface area contributed by atoms with Crippen molar-refractivity contribution in [2.45, 2.75) is 147 Å². The van der Waals surface area contributed by atoms with Crippen LogP contribution in [0.4, 0.5) is 0 Å². The third-order valence-corrected chi connectivity index (χ3v) is 8.99. The van der Waals surface area contributed by atoms with Gasteiger partial charge in [-0.3, -0.25) is 18.9 Å². The Kier molecular flexibility index (Phi) is 51.8. The van der Waals surface area contributed by atoms with Crippen molar-refractivity contribution in [1.82, 2.24) is 0 Å². The van der Waals surface area contributed by atoms with Crippen molar-refractivity contribution in [2.75, 3.05) is 39.8 Å². The Morgan fingerprint density at radius 1 is 0.583 bits per heavy atom. The largest absolute Gasteiger partial charge is 2.00 e. The van der Waals surface area contributed by atoms with Gasteiger partial charge < -0.3 is 31.1 Å². The van der Waals surface area contributed by atoms with E-state index in [0.29, 0.717) is 26.4 Å². The SMILES string of the molecule is C=C(C)C(Cl)CC/C(C)=C/COC(C)=O.CC(=O)OC/C=C(\C)CC/C=C(\C)CCC=C(C)C.CC(=O)OC/C=C(\C)CC/C=C(\C)COP(C)(C)=O.[CH2-]C=C(C)C.[Cl-].[Mg+2]. The molecule has 0 fully saturated rings. The van der Waals surface area contributed by atoms with E-state index in [0.717, 1.165) is 62.5 Å². The third-order valence-electron chi connectivity index (χ3n) is 7.65. The maximum Gasteiger partial charge on any atom is 2.00 e. The normalized spacial score (nSPS) is 12.1. The molecule has 1 unspecified atom stereocenters. The molecular weight excluding hydrogens is 831 g/mol. The summed E-state index contributed by atoms with van der Waals surface area (Å²) in [4.78, 5) is 31.7. The number of carbonyl (C=O) groups excluding carboxylic acids is 3. The van der Waals surface area contributed by atoms with Crippen molar-refractivity contribution in [2.24, 2.45) is 0 Å². The summed E-state index contributed by atoms with van der Waals surface area (Å²) in [6, 6.07) is 0. The zero-order chi connectivity index (χ0) is 45.7. The molecule has 0 aliphatic carbocycles. The Morgan fingerprint density at radius 3 is 1.20 bits per heavy atom. The van der Waals surface area contributed by atoms with Gasteiger partial charge in [-0.15, -0.1) is 25.4 Å².